The Hall–Kier alpha value is -1.86. The first-order chi connectivity index (χ1) is 8.65. The predicted octanol–water partition coefficient (Wildman–Crippen LogP) is 0.671. The Morgan fingerprint density at radius 1 is 1.61 bits per heavy atom. The second-order valence-electron chi connectivity index (χ2n) is 3.59. The minimum atomic E-state index is -0.610. The van der Waals surface area contributed by atoms with E-state index in [1.165, 1.54) is 18.4 Å². The van der Waals surface area contributed by atoms with Gasteiger partial charge in [0.15, 0.2) is 5.75 Å². The Kier molecular flexibility index (Phi) is 3.63. The molecule has 96 valence electrons. The van der Waals surface area contributed by atoms with Crippen LogP contribution in [0.15, 0.2) is 16.2 Å². The number of nitrogens with one attached hydrogen (secondary N) is 2. The van der Waals surface area contributed by atoms with Crippen molar-refractivity contribution in [2.45, 2.75) is 0 Å². The van der Waals surface area contributed by atoms with Crippen LogP contribution >= 0.6 is 11.3 Å². The molecule has 0 aliphatic carbocycles. The molecular formula is C11H12N2O4S. The summed E-state index contributed by atoms with van der Waals surface area (Å²) in [7, 11) is 1.51. The number of aromatic nitrogens is 1. The molecular weight excluding hydrogens is 256 g/mol. The lowest BCUT2D eigenvalue weighted by Crippen LogP contribution is -2.31. The molecule has 1 amide bonds. The Bertz CT molecular complexity index is 631. The molecule has 18 heavy (non-hydrogen) atoms. The Balaban J connectivity index is 2.37. The Labute approximate surface area is 106 Å². The molecule has 0 aliphatic heterocycles. The van der Waals surface area contributed by atoms with Gasteiger partial charge in [-0.15, -0.1) is 11.3 Å². The number of aromatic amines is 1. The largest absolute Gasteiger partial charge is 0.505 e. The third-order valence-corrected chi connectivity index (χ3v) is 3.33. The van der Waals surface area contributed by atoms with Crippen LogP contribution in [0.1, 0.15) is 10.4 Å². The van der Waals surface area contributed by atoms with Crippen LogP contribution in [-0.2, 0) is 4.74 Å². The lowest BCUT2D eigenvalue weighted by atomic mass is 10.2. The van der Waals surface area contributed by atoms with Crippen LogP contribution in [0.4, 0.5) is 0 Å². The van der Waals surface area contributed by atoms with Crippen molar-refractivity contribution in [3.8, 4) is 5.75 Å². The van der Waals surface area contributed by atoms with E-state index in [-0.39, 0.29) is 17.9 Å². The second kappa shape index (κ2) is 5.19. The third-order valence-electron chi connectivity index (χ3n) is 2.41. The molecule has 3 N–H and O–H groups in total. The van der Waals surface area contributed by atoms with Crippen molar-refractivity contribution >= 4 is 27.5 Å². The van der Waals surface area contributed by atoms with Crippen LogP contribution in [-0.4, -0.2) is 36.3 Å². The molecule has 0 atom stereocenters. The number of carbonyl (C=O) groups is 1. The van der Waals surface area contributed by atoms with E-state index < -0.39 is 11.5 Å². The summed E-state index contributed by atoms with van der Waals surface area (Å²) in [5.74, 6) is -0.889. The summed E-state index contributed by atoms with van der Waals surface area (Å²) in [4.78, 5) is 26.1. The number of rotatable bonds is 4. The summed E-state index contributed by atoms with van der Waals surface area (Å²) in [5.41, 5.74) is -0.342. The van der Waals surface area contributed by atoms with Gasteiger partial charge in [-0.05, 0) is 11.4 Å². The van der Waals surface area contributed by atoms with Crippen molar-refractivity contribution in [2.75, 3.05) is 20.3 Å². The fourth-order valence-electron chi connectivity index (χ4n) is 1.56. The maximum atomic E-state index is 11.8. The summed E-state index contributed by atoms with van der Waals surface area (Å²) in [6.45, 7) is 0.613. The van der Waals surface area contributed by atoms with Crippen molar-refractivity contribution in [3.63, 3.8) is 0 Å². The van der Waals surface area contributed by atoms with Crippen LogP contribution in [0.3, 0.4) is 0 Å². The maximum absolute atomic E-state index is 11.8. The van der Waals surface area contributed by atoms with Gasteiger partial charge in [-0.25, -0.2) is 0 Å². The molecule has 0 fully saturated rings. The van der Waals surface area contributed by atoms with E-state index in [1.807, 2.05) is 0 Å². The van der Waals surface area contributed by atoms with Crippen LogP contribution in [0.25, 0.3) is 10.2 Å². The van der Waals surface area contributed by atoms with Gasteiger partial charge in [-0.1, -0.05) is 0 Å². The number of hydrogen-bond acceptors (Lipinski definition) is 5. The molecule has 0 unspecified atom stereocenters. The number of methoxy groups -OCH3 is 1. The molecule has 0 aromatic carbocycles. The minimum Gasteiger partial charge on any atom is -0.505 e. The highest BCUT2D eigenvalue weighted by atomic mass is 32.1. The van der Waals surface area contributed by atoms with Crippen LogP contribution < -0.4 is 10.9 Å². The summed E-state index contributed by atoms with van der Waals surface area (Å²) in [6.07, 6.45) is 0. The van der Waals surface area contributed by atoms with Gasteiger partial charge in [-0.3, -0.25) is 9.59 Å². The van der Waals surface area contributed by atoms with Gasteiger partial charge < -0.3 is 20.1 Å². The standard InChI is InChI=1S/C11H12N2O4S/c1-17-4-3-12-10(15)7-8(14)9-6(2-5-18-9)13-11(7)16/h2,5H,3-4H2,1H3,(H,12,15)(H2,13,14,16). The fraction of sp³-hybridized carbons (Fsp3) is 0.273. The molecule has 2 aromatic heterocycles. The smallest absolute Gasteiger partial charge is 0.265 e. The van der Waals surface area contributed by atoms with E-state index in [9.17, 15) is 14.7 Å². The summed E-state index contributed by atoms with van der Waals surface area (Å²) >= 11 is 1.26. The van der Waals surface area contributed by atoms with Crippen molar-refractivity contribution in [2.24, 2.45) is 0 Å². The highest BCUT2D eigenvalue weighted by Crippen LogP contribution is 2.29. The van der Waals surface area contributed by atoms with Gasteiger partial charge in [-0.2, -0.15) is 0 Å². The number of amides is 1. The van der Waals surface area contributed by atoms with Gasteiger partial charge in [0, 0.05) is 13.7 Å². The summed E-state index contributed by atoms with van der Waals surface area (Å²) in [5, 5.41) is 14.2. The number of pyridine rings is 1. The molecule has 6 nitrogen and oxygen atoms in total. The molecule has 7 heteroatoms. The van der Waals surface area contributed by atoms with Crippen LogP contribution in [0.2, 0.25) is 0 Å². The molecule has 0 spiro atoms. The first-order valence-corrected chi connectivity index (χ1v) is 6.12. The van der Waals surface area contributed by atoms with Crippen molar-refractivity contribution in [3.05, 3.63) is 27.4 Å². The molecule has 0 bridgehead atoms. The molecule has 0 radical (unpaired) electrons. The normalized spacial score (nSPS) is 10.7. The van der Waals surface area contributed by atoms with Gasteiger partial charge in [0.2, 0.25) is 0 Å². The SMILES string of the molecule is COCCNC(=O)c1c(O)c2sccc2[nH]c1=O. The molecule has 2 heterocycles. The third kappa shape index (κ3) is 2.22. The van der Waals surface area contributed by atoms with Gasteiger partial charge in [0.1, 0.15) is 5.56 Å². The lowest BCUT2D eigenvalue weighted by Gasteiger charge is -2.06. The average Bonchev–Trinajstić information content (AvgIpc) is 2.77. The molecule has 0 aliphatic rings. The highest BCUT2D eigenvalue weighted by molar-refractivity contribution is 7.17. The lowest BCUT2D eigenvalue weighted by molar-refractivity contribution is 0.0933. The fourth-order valence-corrected chi connectivity index (χ4v) is 2.36. The highest BCUT2D eigenvalue weighted by Gasteiger charge is 2.19. The predicted molar refractivity (Wildman–Crippen MR) is 68.3 cm³/mol. The summed E-state index contributed by atoms with van der Waals surface area (Å²) < 4.78 is 5.28. The molecule has 2 rings (SSSR count). The van der Waals surface area contributed by atoms with Crippen LogP contribution in [0.5, 0.6) is 5.75 Å². The van der Waals surface area contributed by atoms with Gasteiger partial charge in [0.25, 0.3) is 11.5 Å². The van der Waals surface area contributed by atoms with E-state index in [1.54, 1.807) is 11.4 Å². The number of H-pyrrole nitrogens is 1. The second-order valence-corrected chi connectivity index (χ2v) is 4.51. The van der Waals surface area contributed by atoms with Crippen molar-refractivity contribution < 1.29 is 14.6 Å². The topological polar surface area (TPSA) is 91.4 Å². The van der Waals surface area contributed by atoms with E-state index in [2.05, 4.69) is 10.3 Å². The van der Waals surface area contributed by atoms with E-state index in [4.69, 9.17) is 4.74 Å². The van der Waals surface area contributed by atoms with Gasteiger partial charge >= 0.3 is 0 Å². The Morgan fingerprint density at radius 3 is 3.11 bits per heavy atom. The number of fused-ring (bicyclic) bond motifs is 1. The molecule has 2 aromatic rings. The minimum absolute atomic E-state index is 0.263. The zero-order chi connectivity index (χ0) is 13.1. The van der Waals surface area contributed by atoms with Gasteiger partial charge in [0.05, 0.1) is 16.8 Å². The monoisotopic (exact) mass is 268 g/mol. The number of hydrogen-bond donors (Lipinski definition) is 3. The molecule has 0 saturated carbocycles. The number of ether oxygens (including phenoxy) is 1. The zero-order valence-electron chi connectivity index (χ0n) is 9.65. The average molecular weight is 268 g/mol. The van der Waals surface area contributed by atoms with E-state index in [0.717, 1.165) is 0 Å². The molecule has 0 saturated heterocycles. The van der Waals surface area contributed by atoms with Crippen LogP contribution in [0, 0.1) is 0 Å². The quantitative estimate of drug-likeness (QED) is 0.711. The number of carbonyl (C=O) groups excluding carboxylic acids is 1. The van der Waals surface area contributed by atoms with E-state index >= 15 is 0 Å². The number of thiophene rings is 1. The van der Waals surface area contributed by atoms with E-state index in [0.29, 0.717) is 16.8 Å². The Morgan fingerprint density at radius 2 is 2.39 bits per heavy atom. The first-order valence-electron chi connectivity index (χ1n) is 5.24. The zero-order valence-corrected chi connectivity index (χ0v) is 10.5. The summed E-state index contributed by atoms with van der Waals surface area (Å²) in [6, 6.07) is 1.67. The first kappa shape index (κ1) is 12.6. The van der Waals surface area contributed by atoms with Crippen molar-refractivity contribution in [1.29, 1.82) is 0 Å². The number of aromatic hydroxyl groups is 1. The van der Waals surface area contributed by atoms with Crippen molar-refractivity contribution in [1.82, 2.24) is 10.3 Å². The maximum Gasteiger partial charge on any atom is 0.265 e.